The quantitative estimate of drug-likeness (QED) is 0.646. The van der Waals surface area contributed by atoms with Crippen LogP contribution in [0.3, 0.4) is 0 Å². The lowest BCUT2D eigenvalue weighted by atomic mass is 10.1. The van der Waals surface area contributed by atoms with Crippen molar-refractivity contribution in [2.45, 2.75) is 6.42 Å². The van der Waals surface area contributed by atoms with Gasteiger partial charge in [0.05, 0.1) is 12.0 Å². The van der Waals surface area contributed by atoms with E-state index in [4.69, 9.17) is 4.74 Å². The molecule has 1 aromatic carbocycles. The maximum atomic E-state index is 10.8. The van der Waals surface area contributed by atoms with Crippen LogP contribution < -0.4 is 10.1 Å². The Bertz CT molecular complexity index is 584. The number of ether oxygens (including phenoxy) is 1. The zero-order chi connectivity index (χ0) is 14.4. The molecule has 0 spiro atoms. The first-order valence-electron chi connectivity index (χ1n) is 6.17. The fourth-order valence-corrected chi connectivity index (χ4v) is 1.80. The third-order valence-corrected chi connectivity index (χ3v) is 2.85. The Morgan fingerprint density at radius 1 is 1.30 bits per heavy atom. The van der Waals surface area contributed by atoms with Crippen LogP contribution in [-0.2, 0) is 6.42 Å². The molecule has 0 aliphatic heterocycles. The lowest BCUT2D eigenvalue weighted by Crippen LogP contribution is -2.08. The number of pyridine rings is 1. The molecule has 0 aliphatic carbocycles. The normalized spacial score (nSPS) is 10.1. The first kappa shape index (κ1) is 13.8. The number of nitro groups is 1. The summed E-state index contributed by atoms with van der Waals surface area (Å²) in [6, 6.07) is 10.7. The van der Waals surface area contributed by atoms with E-state index in [1.165, 1.54) is 12.3 Å². The highest BCUT2D eigenvalue weighted by atomic mass is 16.6. The summed E-state index contributed by atoms with van der Waals surface area (Å²) in [6.45, 7) is 0.574. The number of nitrogens with zero attached hydrogens (tertiary/aromatic N) is 2. The molecule has 20 heavy (non-hydrogen) atoms. The summed E-state index contributed by atoms with van der Waals surface area (Å²) in [7, 11) is 1.62. The van der Waals surface area contributed by atoms with E-state index in [-0.39, 0.29) is 5.69 Å². The minimum absolute atomic E-state index is 0.0118. The topological polar surface area (TPSA) is 77.3 Å². The summed E-state index contributed by atoms with van der Waals surface area (Å²) in [5, 5.41) is 13.8. The summed E-state index contributed by atoms with van der Waals surface area (Å²) in [5.41, 5.74) is 1.11. The third kappa shape index (κ3) is 3.44. The lowest BCUT2D eigenvalue weighted by molar-refractivity contribution is -0.384. The molecule has 2 aromatic rings. The molecule has 0 unspecified atom stereocenters. The fourth-order valence-electron chi connectivity index (χ4n) is 1.80. The van der Waals surface area contributed by atoms with Crippen molar-refractivity contribution in [2.24, 2.45) is 0 Å². The molecule has 1 aromatic heterocycles. The van der Waals surface area contributed by atoms with E-state index in [1.807, 2.05) is 24.3 Å². The van der Waals surface area contributed by atoms with E-state index >= 15 is 0 Å². The van der Waals surface area contributed by atoms with Gasteiger partial charge < -0.3 is 10.1 Å². The third-order valence-electron chi connectivity index (χ3n) is 2.85. The average Bonchev–Trinajstić information content (AvgIpc) is 2.48. The Balaban J connectivity index is 1.94. The van der Waals surface area contributed by atoms with E-state index in [1.54, 1.807) is 13.2 Å². The van der Waals surface area contributed by atoms with Crippen LogP contribution in [0.15, 0.2) is 42.6 Å². The molecule has 0 aliphatic rings. The van der Waals surface area contributed by atoms with Crippen LogP contribution in [0.25, 0.3) is 0 Å². The standard InChI is InChI=1S/C14H15N3O3/c1-20-12-6-4-11(5-7-12)8-10-16-14-13(17(18)19)3-2-9-15-14/h2-7,9H,8,10H2,1H3,(H,15,16). The van der Waals surface area contributed by atoms with Crippen LogP contribution in [0.5, 0.6) is 5.75 Å². The Kier molecular flexibility index (Phi) is 4.49. The van der Waals surface area contributed by atoms with Gasteiger partial charge in [0.1, 0.15) is 5.75 Å². The Morgan fingerprint density at radius 3 is 2.70 bits per heavy atom. The Morgan fingerprint density at radius 2 is 2.05 bits per heavy atom. The number of aromatic nitrogens is 1. The van der Waals surface area contributed by atoms with Gasteiger partial charge in [-0.05, 0) is 30.2 Å². The van der Waals surface area contributed by atoms with Crippen molar-refractivity contribution in [3.8, 4) is 5.75 Å². The molecular weight excluding hydrogens is 258 g/mol. The summed E-state index contributed by atoms with van der Waals surface area (Å²) < 4.78 is 5.08. The summed E-state index contributed by atoms with van der Waals surface area (Å²) in [6.07, 6.45) is 2.28. The number of methoxy groups -OCH3 is 1. The monoisotopic (exact) mass is 273 g/mol. The molecule has 6 nitrogen and oxygen atoms in total. The van der Waals surface area contributed by atoms with Crippen molar-refractivity contribution in [3.05, 3.63) is 58.3 Å². The van der Waals surface area contributed by atoms with E-state index in [9.17, 15) is 10.1 Å². The van der Waals surface area contributed by atoms with Gasteiger partial charge in [-0.3, -0.25) is 10.1 Å². The van der Waals surface area contributed by atoms with E-state index in [0.29, 0.717) is 12.4 Å². The van der Waals surface area contributed by atoms with Crippen molar-refractivity contribution < 1.29 is 9.66 Å². The van der Waals surface area contributed by atoms with E-state index < -0.39 is 4.92 Å². The highest BCUT2D eigenvalue weighted by Gasteiger charge is 2.12. The second kappa shape index (κ2) is 6.51. The molecule has 0 saturated carbocycles. The fraction of sp³-hybridized carbons (Fsp3) is 0.214. The second-order valence-corrected chi connectivity index (χ2v) is 4.15. The summed E-state index contributed by atoms with van der Waals surface area (Å²) >= 11 is 0. The second-order valence-electron chi connectivity index (χ2n) is 4.15. The van der Waals surface area contributed by atoms with Crippen molar-refractivity contribution in [2.75, 3.05) is 19.0 Å². The van der Waals surface area contributed by atoms with Crippen LogP contribution in [-0.4, -0.2) is 23.6 Å². The molecule has 0 fully saturated rings. The predicted molar refractivity (Wildman–Crippen MR) is 76.1 cm³/mol. The maximum absolute atomic E-state index is 10.8. The number of nitrogens with one attached hydrogen (secondary N) is 1. The van der Waals surface area contributed by atoms with E-state index in [2.05, 4.69) is 10.3 Å². The first-order valence-corrected chi connectivity index (χ1v) is 6.17. The molecule has 0 atom stereocenters. The first-order chi connectivity index (χ1) is 9.70. The van der Waals surface area contributed by atoms with Gasteiger partial charge >= 0.3 is 5.69 Å². The van der Waals surface area contributed by atoms with Gasteiger partial charge in [0, 0.05) is 18.8 Å². The molecule has 104 valence electrons. The molecule has 1 heterocycles. The molecule has 0 amide bonds. The van der Waals surface area contributed by atoms with Crippen LogP contribution in [0, 0.1) is 10.1 Å². The largest absolute Gasteiger partial charge is 0.497 e. The van der Waals surface area contributed by atoms with Crippen LogP contribution in [0.2, 0.25) is 0 Å². The van der Waals surface area contributed by atoms with Gasteiger partial charge in [0.15, 0.2) is 0 Å². The number of hydrogen-bond donors (Lipinski definition) is 1. The number of anilines is 1. The van der Waals surface area contributed by atoms with Crippen LogP contribution in [0.4, 0.5) is 11.5 Å². The average molecular weight is 273 g/mol. The highest BCUT2D eigenvalue weighted by molar-refractivity contribution is 5.55. The minimum atomic E-state index is -0.442. The van der Waals surface area contributed by atoms with Gasteiger partial charge in [0.25, 0.3) is 0 Å². The van der Waals surface area contributed by atoms with Crippen molar-refractivity contribution in [1.82, 2.24) is 4.98 Å². The van der Waals surface area contributed by atoms with Crippen molar-refractivity contribution in [1.29, 1.82) is 0 Å². The van der Waals surface area contributed by atoms with E-state index in [0.717, 1.165) is 17.7 Å². The number of benzene rings is 1. The Hall–Kier alpha value is -2.63. The predicted octanol–water partition coefficient (Wildman–Crippen LogP) is 2.65. The molecule has 1 N–H and O–H groups in total. The molecule has 0 bridgehead atoms. The summed E-state index contributed by atoms with van der Waals surface area (Å²) in [4.78, 5) is 14.4. The SMILES string of the molecule is COc1ccc(CCNc2ncccc2[N+](=O)[O-])cc1. The summed E-state index contributed by atoms with van der Waals surface area (Å²) in [5.74, 6) is 1.10. The van der Waals surface area contributed by atoms with Crippen LogP contribution >= 0.6 is 0 Å². The van der Waals surface area contributed by atoms with Crippen molar-refractivity contribution >= 4 is 11.5 Å². The highest BCUT2D eigenvalue weighted by Crippen LogP contribution is 2.20. The minimum Gasteiger partial charge on any atom is -0.497 e. The van der Waals surface area contributed by atoms with Gasteiger partial charge in [-0.2, -0.15) is 0 Å². The molecular formula is C14H15N3O3. The lowest BCUT2D eigenvalue weighted by Gasteiger charge is -2.06. The molecule has 6 heteroatoms. The van der Waals surface area contributed by atoms with Gasteiger partial charge in [-0.25, -0.2) is 4.98 Å². The van der Waals surface area contributed by atoms with Gasteiger partial charge in [-0.15, -0.1) is 0 Å². The smallest absolute Gasteiger partial charge is 0.311 e. The molecule has 2 rings (SSSR count). The zero-order valence-electron chi connectivity index (χ0n) is 11.1. The maximum Gasteiger partial charge on any atom is 0.311 e. The molecule has 0 radical (unpaired) electrons. The number of rotatable bonds is 6. The Labute approximate surface area is 116 Å². The number of hydrogen-bond acceptors (Lipinski definition) is 5. The van der Waals surface area contributed by atoms with Gasteiger partial charge in [0.2, 0.25) is 5.82 Å². The van der Waals surface area contributed by atoms with Crippen molar-refractivity contribution in [3.63, 3.8) is 0 Å². The van der Waals surface area contributed by atoms with Crippen LogP contribution in [0.1, 0.15) is 5.56 Å². The molecule has 0 saturated heterocycles. The zero-order valence-corrected chi connectivity index (χ0v) is 11.1. The van der Waals surface area contributed by atoms with Gasteiger partial charge in [-0.1, -0.05) is 12.1 Å².